The van der Waals surface area contributed by atoms with E-state index in [-0.39, 0.29) is 11.3 Å². The van der Waals surface area contributed by atoms with Crippen LogP contribution in [0.15, 0.2) is 84.0 Å². The van der Waals surface area contributed by atoms with E-state index in [1.165, 1.54) is 6.21 Å². The van der Waals surface area contributed by atoms with Gasteiger partial charge >= 0.3 is 0 Å². The van der Waals surface area contributed by atoms with Crippen LogP contribution in [-0.2, 0) is 6.61 Å². The highest BCUT2D eigenvalue weighted by molar-refractivity contribution is 6.42. The smallest absolute Gasteiger partial charge is 0.275 e. The molecule has 4 rings (SSSR count). The average molecular weight is 465 g/mol. The lowest BCUT2D eigenvalue weighted by molar-refractivity contribution is 0.0952. The first kappa shape index (κ1) is 21.7. The van der Waals surface area contributed by atoms with Gasteiger partial charge in [0.1, 0.15) is 18.1 Å². The number of phenolic OH excluding ortho intramolecular Hbond substituents is 1. The van der Waals surface area contributed by atoms with E-state index in [2.05, 4.69) is 10.5 Å². The van der Waals surface area contributed by atoms with Crippen molar-refractivity contribution in [1.82, 2.24) is 5.43 Å². The first-order valence-electron chi connectivity index (χ1n) is 9.72. The van der Waals surface area contributed by atoms with Gasteiger partial charge in [0.15, 0.2) is 0 Å². The number of halogens is 2. The van der Waals surface area contributed by atoms with Crippen molar-refractivity contribution < 1.29 is 14.6 Å². The lowest BCUT2D eigenvalue weighted by atomic mass is 10.1. The van der Waals surface area contributed by atoms with E-state index < -0.39 is 5.91 Å². The van der Waals surface area contributed by atoms with Crippen molar-refractivity contribution in [1.29, 1.82) is 0 Å². The molecule has 1 amide bonds. The minimum absolute atomic E-state index is 0.109. The largest absolute Gasteiger partial charge is 0.507 e. The van der Waals surface area contributed by atoms with Crippen LogP contribution in [0.3, 0.4) is 0 Å². The molecule has 160 valence electrons. The number of aromatic hydroxyl groups is 1. The van der Waals surface area contributed by atoms with Crippen molar-refractivity contribution in [3.8, 4) is 11.5 Å². The Morgan fingerprint density at radius 3 is 2.44 bits per heavy atom. The fourth-order valence-electron chi connectivity index (χ4n) is 3.14. The van der Waals surface area contributed by atoms with Crippen molar-refractivity contribution in [2.45, 2.75) is 6.61 Å². The van der Waals surface area contributed by atoms with Gasteiger partial charge in [-0.1, -0.05) is 65.7 Å². The molecule has 0 aliphatic carbocycles. The molecule has 0 fully saturated rings. The van der Waals surface area contributed by atoms with Crippen LogP contribution in [0.2, 0.25) is 10.0 Å². The Morgan fingerprint density at radius 1 is 0.938 bits per heavy atom. The second-order valence-corrected chi connectivity index (χ2v) is 7.80. The van der Waals surface area contributed by atoms with Crippen molar-refractivity contribution >= 4 is 46.1 Å². The Hall–Kier alpha value is -3.54. The van der Waals surface area contributed by atoms with E-state index in [1.54, 1.807) is 30.3 Å². The van der Waals surface area contributed by atoms with Gasteiger partial charge in [-0.3, -0.25) is 4.79 Å². The molecule has 0 bridgehead atoms. The molecule has 32 heavy (non-hydrogen) atoms. The minimum Gasteiger partial charge on any atom is -0.507 e. The monoisotopic (exact) mass is 464 g/mol. The number of fused-ring (bicyclic) bond motifs is 1. The number of phenols is 1. The number of nitrogens with zero attached hydrogens (tertiary/aromatic N) is 1. The Kier molecular flexibility index (Phi) is 6.59. The summed E-state index contributed by atoms with van der Waals surface area (Å²) in [5.41, 5.74) is 4.14. The highest BCUT2D eigenvalue weighted by Gasteiger charge is 2.12. The zero-order valence-electron chi connectivity index (χ0n) is 16.8. The number of carbonyl (C=O) groups excluding carboxylic acids is 1. The summed E-state index contributed by atoms with van der Waals surface area (Å²) in [7, 11) is 0. The fraction of sp³-hybridized carbons (Fsp3) is 0.0400. The number of ether oxygens (including phenoxy) is 1. The van der Waals surface area contributed by atoms with Crippen molar-refractivity contribution in [2.24, 2.45) is 5.10 Å². The predicted octanol–water partition coefficient (Wildman–Crippen LogP) is 6.20. The maximum Gasteiger partial charge on any atom is 0.275 e. The number of para-hydroxylation sites is 1. The average Bonchev–Trinajstić information content (AvgIpc) is 2.80. The number of hydrogen-bond donors (Lipinski definition) is 2. The van der Waals surface area contributed by atoms with Crippen LogP contribution in [0.5, 0.6) is 11.5 Å². The van der Waals surface area contributed by atoms with Crippen LogP contribution >= 0.6 is 23.2 Å². The van der Waals surface area contributed by atoms with Crippen LogP contribution < -0.4 is 10.2 Å². The van der Waals surface area contributed by atoms with E-state index in [0.717, 1.165) is 16.3 Å². The van der Waals surface area contributed by atoms with Gasteiger partial charge in [-0.25, -0.2) is 5.43 Å². The number of amides is 1. The molecular weight excluding hydrogens is 447 g/mol. The van der Waals surface area contributed by atoms with E-state index in [4.69, 9.17) is 27.9 Å². The van der Waals surface area contributed by atoms with Crippen molar-refractivity contribution in [3.63, 3.8) is 0 Å². The summed E-state index contributed by atoms with van der Waals surface area (Å²) >= 11 is 12.0. The number of rotatable bonds is 6. The van der Waals surface area contributed by atoms with E-state index in [9.17, 15) is 9.90 Å². The molecule has 7 heteroatoms. The summed E-state index contributed by atoms with van der Waals surface area (Å²) in [6.07, 6.45) is 1.49. The standard InChI is InChI=1S/C25H18Cl2N2O3/c26-21-10-9-16(11-22(21)27)15-32-24-8-4-3-7-19(24)14-28-29-25(31)20-12-17-5-1-2-6-18(17)13-23(20)30/h1-14,30H,15H2,(H,29,31). The third kappa shape index (κ3) is 5.02. The van der Waals surface area contributed by atoms with Crippen LogP contribution in [0.25, 0.3) is 10.8 Å². The van der Waals surface area contributed by atoms with Crippen LogP contribution in [0.1, 0.15) is 21.5 Å². The molecule has 0 atom stereocenters. The highest BCUT2D eigenvalue weighted by atomic mass is 35.5. The highest BCUT2D eigenvalue weighted by Crippen LogP contribution is 2.26. The Morgan fingerprint density at radius 2 is 1.66 bits per heavy atom. The number of carbonyl (C=O) groups is 1. The Balaban J connectivity index is 1.45. The van der Waals surface area contributed by atoms with Gasteiger partial charge in [0, 0.05) is 5.56 Å². The maximum atomic E-state index is 12.5. The quantitative estimate of drug-likeness (QED) is 0.263. The molecule has 0 spiro atoms. The third-order valence-corrected chi connectivity index (χ3v) is 5.51. The SMILES string of the molecule is O=C(NN=Cc1ccccc1OCc1ccc(Cl)c(Cl)c1)c1cc2ccccc2cc1O. The van der Waals surface area contributed by atoms with Gasteiger partial charge in [-0.05, 0) is 52.7 Å². The molecule has 0 aliphatic rings. The fourth-order valence-corrected chi connectivity index (χ4v) is 3.46. The molecule has 4 aromatic rings. The Labute approximate surface area is 194 Å². The number of nitrogens with one attached hydrogen (secondary N) is 1. The minimum atomic E-state index is -0.515. The first-order valence-corrected chi connectivity index (χ1v) is 10.5. The molecule has 0 aromatic heterocycles. The normalized spacial score (nSPS) is 11.1. The van der Waals surface area contributed by atoms with E-state index in [0.29, 0.717) is 28.0 Å². The zero-order valence-corrected chi connectivity index (χ0v) is 18.3. The summed E-state index contributed by atoms with van der Waals surface area (Å²) in [5, 5.41) is 16.9. The summed E-state index contributed by atoms with van der Waals surface area (Å²) in [4.78, 5) is 12.5. The lowest BCUT2D eigenvalue weighted by Gasteiger charge is -2.10. The number of benzene rings is 4. The summed E-state index contributed by atoms with van der Waals surface area (Å²) < 4.78 is 5.88. The number of hydrazone groups is 1. The predicted molar refractivity (Wildman–Crippen MR) is 128 cm³/mol. The molecule has 5 nitrogen and oxygen atoms in total. The van der Waals surface area contributed by atoms with Gasteiger partial charge in [0.2, 0.25) is 0 Å². The molecular formula is C25H18Cl2N2O3. The Bertz CT molecular complexity index is 1320. The molecule has 0 saturated heterocycles. The second kappa shape index (κ2) is 9.73. The maximum absolute atomic E-state index is 12.5. The van der Waals surface area contributed by atoms with E-state index in [1.807, 2.05) is 48.5 Å². The van der Waals surface area contributed by atoms with Crippen molar-refractivity contribution in [3.05, 3.63) is 106 Å². The van der Waals surface area contributed by atoms with Crippen LogP contribution in [0.4, 0.5) is 0 Å². The van der Waals surface area contributed by atoms with Gasteiger partial charge in [0.25, 0.3) is 5.91 Å². The van der Waals surface area contributed by atoms with E-state index >= 15 is 0 Å². The van der Waals surface area contributed by atoms with Gasteiger partial charge < -0.3 is 9.84 Å². The lowest BCUT2D eigenvalue weighted by Crippen LogP contribution is -2.17. The zero-order chi connectivity index (χ0) is 22.5. The van der Waals surface area contributed by atoms with Gasteiger partial charge in [-0.2, -0.15) is 5.10 Å². The topological polar surface area (TPSA) is 70.9 Å². The molecule has 2 N–H and O–H groups in total. The summed E-state index contributed by atoms with van der Waals surface area (Å²) in [6, 6.07) is 23.2. The molecule has 0 saturated carbocycles. The molecule has 0 heterocycles. The van der Waals surface area contributed by atoms with Crippen LogP contribution in [0, 0.1) is 0 Å². The van der Waals surface area contributed by atoms with Gasteiger partial charge in [0.05, 0.1) is 21.8 Å². The molecule has 0 aliphatic heterocycles. The number of hydrogen-bond acceptors (Lipinski definition) is 4. The first-order chi connectivity index (χ1) is 15.5. The second-order valence-electron chi connectivity index (χ2n) is 6.99. The molecule has 0 radical (unpaired) electrons. The summed E-state index contributed by atoms with van der Waals surface area (Å²) in [6.45, 7) is 0.291. The van der Waals surface area contributed by atoms with Gasteiger partial charge in [-0.15, -0.1) is 0 Å². The molecule has 4 aromatic carbocycles. The third-order valence-electron chi connectivity index (χ3n) is 4.78. The van der Waals surface area contributed by atoms with Crippen LogP contribution in [-0.4, -0.2) is 17.2 Å². The summed E-state index contributed by atoms with van der Waals surface area (Å²) in [5.74, 6) is -0.0365. The molecule has 0 unspecified atom stereocenters. The van der Waals surface area contributed by atoms with Crippen molar-refractivity contribution in [2.75, 3.05) is 0 Å².